The molecule has 2 rings (SSSR count). The molecule has 1 aliphatic heterocycles. The molecule has 0 amide bonds. The number of ether oxygens (including phenoxy) is 2. The van der Waals surface area contributed by atoms with Gasteiger partial charge in [0.2, 0.25) is 0 Å². The molecule has 0 aliphatic carbocycles. The van der Waals surface area contributed by atoms with Crippen LogP contribution < -0.4 is 0 Å². The highest BCUT2D eigenvalue weighted by Crippen LogP contribution is 2.33. The topological polar surface area (TPSA) is 41.9 Å². The van der Waals surface area contributed by atoms with E-state index in [1.165, 1.54) is 5.06 Å². The summed E-state index contributed by atoms with van der Waals surface area (Å²) in [6.45, 7) is 11.8. The van der Waals surface area contributed by atoms with Crippen LogP contribution in [0, 0.1) is 0 Å². The van der Waals surface area contributed by atoms with Crippen molar-refractivity contribution >= 4 is 0 Å². The molecule has 4 heteroatoms. The maximum absolute atomic E-state index is 10.7. The molecule has 0 spiro atoms. The zero-order valence-corrected chi connectivity index (χ0v) is 14.0. The van der Waals surface area contributed by atoms with E-state index >= 15 is 0 Å². The Morgan fingerprint density at radius 1 is 1.26 bits per heavy atom. The van der Waals surface area contributed by atoms with Crippen LogP contribution in [0.3, 0.4) is 0 Å². The fraction of sp³-hybridized carbons (Fsp3) is 0.474. The molecule has 0 radical (unpaired) electrons. The average molecular weight is 317 g/mol. The van der Waals surface area contributed by atoms with Gasteiger partial charge in [0.1, 0.15) is 12.2 Å². The molecule has 4 nitrogen and oxygen atoms in total. The number of hydrogen-bond acceptors (Lipinski definition) is 4. The fourth-order valence-electron chi connectivity index (χ4n) is 2.96. The predicted molar refractivity (Wildman–Crippen MR) is 91.0 cm³/mol. The summed E-state index contributed by atoms with van der Waals surface area (Å²) in [6.07, 6.45) is 4.62. The summed E-state index contributed by atoms with van der Waals surface area (Å²) >= 11 is 0. The van der Waals surface area contributed by atoms with Gasteiger partial charge < -0.3 is 14.7 Å². The van der Waals surface area contributed by atoms with E-state index in [2.05, 4.69) is 13.2 Å². The lowest BCUT2D eigenvalue weighted by atomic mass is 9.99. The minimum atomic E-state index is -0.677. The van der Waals surface area contributed by atoms with Crippen molar-refractivity contribution in [3.8, 4) is 0 Å². The van der Waals surface area contributed by atoms with Gasteiger partial charge >= 0.3 is 0 Å². The Kier molecular flexibility index (Phi) is 6.13. The van der Waals surface area contributed by atoms with Gasteiger partial charge in [0.05, 0.1) is 6.04 Å². The normalized spacial score (nSPS) is 24.5. The van der Waals surface area contributed by atoms with Crippen molar-refractivity contribution in [1.29, 1.82) is 0 Å². The second-order valence-electron chi connectivity index (χ2n) is 6.32. The molecule has 23 heavy (non-hydrogen) atoms. The van der Waals surface area contributed by atoms with Crippen LogP contribution in [-0.2, 0) is 16.0 Å². The summed E-state index contributed by atoms with van der Waals surface area (Å²) in [7, 11) is 0. The number of allylic oxidation sites excluding steroid dienone is 1. The maximum Gasteiger partial charge on any atom is 0.164 e. The van der Waals surface area contributed by atoms with Gasteiger partial charge in [-0.3, -0.25) is 0 Å². The molecular formula is C19H27NO3. The van der Waals surface area contributed by atoms with Crippen LogP contribution in [0.1, 0.15) is 32.3 Å². The van der Waals surface area contributed by atoms with Crippen molar-refractivity contribution in [2.75, 3.05) is 0 Å². The van der Waals surface area contributed by atoms with Gasteiger partial charge in [0, 0.05) is 6.54 Å². The highest BCUT2D eigenvalue weighted by molar-refractivity contribution is 5.14. The zero-order valence-electron chi connectivity index (χ0n) is 14.0. The van der Waals surface area contributed by atoms with Crippen LogP contribution in [0.25, 0.3) is 0 Å². The number of rotatable bonds is 8. The molecule has 1 saturated heterocycles. The van der Waals surface area contributed by atoms with Gasteiger partial charge in [-0.25, -0.2) is 0 Å². The van der Waals surface area contributed by atoms with Gasteiger partial charge in [0.25, 0.3) is 0 Å². The van der Waals surface area contributed by atoms with Crippen LogP contribution in [0.5, 0.6) is 0 Å². The first-order chi connectivity index (χ1) is 11.0. The number of nitrogens with zero attached hydrogens (tertiary/aromatic N) is 1. The van der Waals surface area contributed by atoms with Crippen molar-refractivity contribution in [3.63, 3.8) is 0 Å². The smallest absolute Gasteiger partial charge is 0.164 e. The Balaban J connectivity index is 2.15. The third-order valence-corrected chi connectivity index (χ3v) is 4.01. The van der Waals surface area contributed by atoms with E-state index in [0.29, 0.717) is 6.54 Å². The Labute approximate surface area is 139 Å². The van der Waals surface area contributed by atoms with E-state index in [-0.39, 0.29) is 18.2 Å². The highest BCUT2D eigenvalue weighted by Gasteiger charge is 2.45. The summed E-state index contributed by atoms with van der Waals surface area (Å²) in [5.41, 5.74) is 1.05. The van der Waals surface area contributed by atoms with Crippen molar-refractivity contribution in [3.05, 3.63) is 61.2 Å². The zero-order chi connectivity index (χ0) is 16.9. The van der Waals surface area contributed by atoms with Gasteiger partial charge in [-0.05, 0) is 32.3 Å². The number of hydroxylamine groups is 2. The molecule has 1 fully saturated rings. The Morgan fingerprint density at radius 2 is 1.96 bits per heavy atom. The first kappa shape index (κ1) is 17.9. The largest absolute Gasteiger partial charge is 0.342 e. The molecule has 1 aliphatic rings. The molecular weight excluding hydrogens is 290 g/mol. The summed E-state index contributed by atoms with van der Waals surface area (Å²) in [6, 6.07) is 9.69. The molecule has 1 aromatic carbocycles. The minimum absolute atomic E-state index is 0.196. The number of benzene rings is 1. The average Bonchev–Trinajstić information content (AvgIpc) is 2.83. The van der Waals surface area contributed by atoms with E-state index < -0.39 is 5.79 Å². The second-order valence-corrected chi connectivity index (χ2v) is 6.32. The molecule has 126 valence electrons. The molecule has 1 aromatic rings. The third kappa shape index (κ3) is 4.75. The maximum atomic E-state index is 10.7. The van der Waals surface area contributed by atoms with Crippen LogP contribution in [0.4, 0.5) is 0 Å². The predicted octanol–water partition coefficient (Wildman–Crippen LogP) is 3.92. The van der Waals surface area contributed by atoms with Crippen LogP contribution in [0.2, 0.25) is 0 Å². The lowest BCUT2D eigenvalue weighted by Gasteiger charge is -2.32. The van der Waals surface area contributed by atoms with E-state index in [4.69, 9.17) is 9.47 Å². The van der Waals surface area contributed by atoms with Crippen LogP contribution in [-0.4, -0.2) is 34.3 Å². The molecule has 0 aromatic heterocycles. The SMILES string of the molecule is C=CCC[C@H]([C@@H]1OC(C)(C)O[C@@H]1C=C)N(O)Cc1ccccc1. The Morgan fingerprint density at radius 3 is 2.57 bits per heavy atom. The van der Waals surface area contributed by atoms with E-state index in [0.717, 1.165) is 18.4 Å². The molecule has 0 unspecified atom stereocenters. The van der Waals surface area contributed by atoms with E-state index in [9.17, 15) is 5.21 Å². The number of hydrogen-bond donors (Lipinski definition) is 1. The summed E-state index contributed by atoms with van der Waals surface area (Å²) in [5.74, 6) is -0.677. The standard InChI is InChI=1S/C19H27NO3/c1-5-7-13-16(18-17(6-2)22-19(3,4)23-18)20(21)14-15-11-9-8-10-12-15/h5-6,8-12,16-18,21H,1-2,7,13-14H2,3-4H3/t16-,17-,18+/m1/s1. The second kappa shape index (κ2) is 7.88. The molecule has 1 N–H and O–H groups in total. The monoisotopic (exact) mass is 317 g/mol. The van der Waals surface area contributed by atoms with Crippen molar-refractivity contribution in [2.24, 2.45) is 0 Å². The Hall–Kier alpha value is -1.46. The molecule has 1 heterocycles. The first-order valence-electron chi connectivity index (χ1n) is 8.05. The lowest BCUT2D eigenvalue weighted by Crippen LogP contribution is -2.45. The fourth-order valence-corrected chi connectivity index (χ4v) is 2.96. The van der Waals surface area contributed by atoms with Crippen molar-refractivity contribution in [2.45, 2.75) is 57.3 Å². The summed E-state index contributed by atoms with van der Waals surface area (Å²) in [4.78, 5) is 0. The molecule has 3 atom stereocenters. The van der Waals surface area contributed by atoms with E-state index in [1.54, 1.807) is 6.08 Å². The van der Waals surface area contributed by atoms with Gasteiger partial charge in [-0.2, -0.15) is 5.06 Å². The van der Waals surface area contributed by atoms with Gasteiger partial charge in [-0.15, -0.1) is 13.2 Å². The first-order valence-corrected chi connectivity index (χ1v) is 8.05. The van der Waals surface area contributed by atoms with Crippen molar-refractivity contribution < 1.29 is 14.7 Å². The quantitative estimate of drug-likeness (QED) is 0.583. The molecule has 0 bridgehead atoms. The van der Waals surface area contributed by atoms with E-state index in [1.807, 2.05) is 50.3 Å². The van der Waals surface area contributed by atoms with Crippen LogP contribution >= 0.6 is 0 Å². The third-order valence-electron chi connectivity index (χ3n) is 4.01. The van der Waals surface area contributed by atoms with Crippen LogP contribution in [0.15, 0.2) is 55.6 Å². The highest BCUT2D eigenvalue weighted by atomic mass is 16.8. The Bertz CT molecular complexity index is 515. The van der Waals surface area contributed by atoms with Crippen molar-refractivity contribution in [1.82, 2.24) is 5.06 Å². The van der Waals surface area contributed by atoms with Gasteiger partial charge in [-0.1, -0.05) is 42.5 Å². The summed E-state index contributed by atoms with van der Waals surface area (Å²) in [5, 5.41) is 12.0. The molecule has 0 saturated carbocycles. The minimum Gasteiger partial charge on any atom is -0.342 e. The van der Waals surface area contributed by atoms with Gasteiger partial charge in [0.15, 0.2) is 5.79 Å². The lowest BCUT2D eigenvalue weighted by molar-refractivity contribution is -0.190. The summed E-state index contributed by atoms with van der Waals surface area (Å²) < 4.78 is 11.9.